The Morgan fingerprint density at radius 2 is 2.16 bits per heavy atom. The van der Waals surface area contributed by atoms with Gasteiger partial charge in [0, 0.05) is 12.2 Å². The highest BCUT2D eigenvalue weighted by Crippen LogP contribution is 2.45. The monoisotopic (exact) mass is 262 g/mol. The standard InChI is InChI=1S/C15H22N2O2/c1-10(2)12-8-11(4-5-13(12)19-3)17-14(18)15(9-16)6-7-15/h4-5,8,10H,6-7,9,16H2,1-3H3,(H,17,18). The Morgan fingerprint density at radius 1 is 1.47 bits per heavy atom. The van der Waals surface area contributed by atoms with Gasteiger partial charge in [0.1, 0.15) is 5.75 Å². The van der Waals surface area contributed by atoms with Crippen molar-refractivity contribution in [2.75, 3.05) is 19.0 Å². The number of hydrogen-bond donors (Lipinski definition) is 2. The first-order valence-corrected chi connectivity index (χ1v) is 6.72. The SMILES string of the molecule is COc1ccc(NC(=O)C2(CN)CC2)cc1C(C)C. The van der Waals surface area contributed by atoms with Crippen molar-refractivity contribution >= 4 is 11.6 Å². The van der Waals surface area contributed by atoms with E-state index in [2.05, 4.69) is 19.2 Å². The van der Waals surface area contributed by atoms with Gasteiger partial charge in [-0.3, -0.25) is 4.79 Å². The summed E-state index contributed by atoms with van der Waals surface area (Å²) in [6, 6.07) is 5.75. The van der Waals surface area contributed by atoms with Gasteiger partial charge >= 0.3 is 0 Å². The second-order valence-electron chi connectivity index (χ2n) is 5.55. The van der Waals surface area contributed by atoms with E-state index >= 15 is 0 Å². The molecule has 19 heavy (non-hydrogen) atoms. The van der Waals surface area contributed by atoms with Gasteiger partial charge in [-0.15, -0.1) is 0 Å². The summed E-state index contributed by atoms with van der Waals surface area (Å²) in [5.74, 6) is 1.24. The molecule has 1 aliphatic rings. The summed E-state index contributed by atoms with van der Waals surface area (Å²) in [5, 5.41) is 2.97. The first-order valence-electron chi connectivity index (χ1n) is 6.72. The van der Waals surface area contributed by atoms with Crippen LogP contribution in [-0.4, -0.2) is 19.6 Å². The third kappa shape index (κ3) is 2.73. The van der Waals surface area contributed by atoms with E-state index in [0.717, 1.165) is 29.8 Å². The number of carbonyl (C=O) groups is 1. The van der Waals surface area contributed by atoms with E-state index in [-0.39, 0.29) is 11.3 Å². The fraction of sp³-hybridized carbons (Fsp3) is 0.533. The molecule has 0 aromatic heterocycles. The molecule has 0 unspecified atom stereocenters. The minimum Gasteiger partial charge on any atom is -0.496 e. The lowest BCUT2D eigenvalue weighted by atomic mass is 10.0. The minimum absolute atomic E-state index is 0.0369. The Balaban J connectivity index is 2.17. The van der Waals surface area contributed by atoms with E-state index in [1.807, 2.05) is 18.2 Å². The van der Waals surface area contributed by atoms with Gasteiger partial charge in [0.25, 0.3) is 0 Å². The Morgan fingerprint density at radius 3 is 2.63 bits per heavy atom. The van der Waals surface area contributed by atoms with E-state index in [1.165, 1.54) is 0 Å². The molecule has 1 saturated carbocycles. The lowest BCUT2D eigenvalue weighted by Gasteiger charge is -2.16. The molecule has 0 aliphatic heterocycles. The molecule has 0 radical (unpaired) electrons. The maximum absolute atomic E-state index is 12.1. The van der Waals surface area contributed by atoms with Gasteiger partial charge in [0.15, 0.2) is 0 Å². The smallest absolute Gasteiger partial charge is 0.231 e. The Bertz CT molecular complexity index is 479. The fourth-order valence-corrected chi connectivity index (χ4v) is 2.20. The number of methoxy groups -OCH3 is 1. The molecule has 1 aromatic rings. The molecule has 1 fully saturated rings. The molecule has 0 bridgehead atoms. The van der Waals surface area contributed by atoms with Crippen LogP contribution in [-0.2, 0) is 4.79 Å². The van der Waals surface area contributed by atoms with E-state index in [0.29, 0.717) is 12.5 Å². The predicted octanol–water partition coefficient (Wildman–Crippen LogP) is 2.50. The molecule has 0 spiro atoms. The van der Waals surface area contributed by atoms with Crippen LogP contribution in [0.2, 0.25) is 0 Å². The number of hydrogen-bond acceptors (Lipinski definition) is 3. The summed E-state index contributed by atoms with van der Waals surface area (Å²) in [4.78, 5) is 12.1. The topological polar surface area (TPSA) is 64.3 Å². The average Bonchev–Trinajstić information content (AvgIpc) is 3.19. The quantitative estimate of drug-likeness (QED) is 0.857. The van der Waals surface area contributed by atoms with Crippen LogP contribution in [0, 0.1) is 5.41 Å². The lowest BCUT2D eigenvalue weighted by molar-refractivity contribution is -0.120. The summed E-state index contributed by atoms with van der Waals surface area (Å²) in [5.41, 5.74) is 7.25. The molecule has 4 heteroatoms. The molecule has 1 amide bonds. The van der Waals surface area contributed by atoms with Crippen LogP contribution in [0.5, 0.6) is 5.75 Å². The van der Waals surface area contributed by atoms with Crippen molar-refractivity contribution in [2.24, 2.45) is 11.1 Å². The molecule has 1 aromatic carbocycles. The molecule has 0 atom stereocenters. The molecule has 2 rings (SSSR count). The van der Waals surface area contributed by atoms with E-state index < -0.39 is 0 Å². The highest BCUT2D eigenvalue weighted by molar-refractivity contribution is 5.97. The second-order valence-corrected chi connectivity index (χ2v) is 5.55. The molecule has 0 saturated heterocycles. The molecular formula is C15H22N2O2. The van der Waals surface area contributed by atoms with E-state index in [4.69, 9.17) is 10.5 Å². The number of benzene rings is 1. The van der Waals surface area contributed by atoms with Crippen LogP contribution in [0.4, 0.5) is 5.69 Å². The maximum atomic E-state index is 12.1. The van der Waals surface area contributed by atoms with Crippen LogP contribution in [0.3, 0.4) is 0 Å². The number of carbonyl (C=O) groups excluding carboxylic acids is 1. The first kappa shape index (κ1) is 13.9. The third-order valence-electron chi connectivity index (χ3n) is 3.84. The number of ether oxygens (including phenoxy) is 1. The predicted molar refractivity (Wildman–Crippen MR) is 76.4 cm³/mol. The molecule has 104 valence electrons. The van der Waals surface area contributed by atoms with Gasteiger partial charge < -0.3 is 15.8 Å². The van der Waals surface area contributed by atoms with Gasteiger partial charge in [-0.25, -0.2) is 0 Å². The lowest BCUT2D eigenvalue weighted by Crippen LogP contribution is -2.30. The maximum Gasteiger partial charge on any atom is 0.231 e. The van der Waals surface area contributed by atoms with Crippen LogP contribution in [0.25, 0.3) is 0 Å². The summed E-state index contributed by atoms with van der Waals surface area (Å²) in [6.45, 7) is 4.63. The second kappa shape index (κ2) is 5.21. The number of amides is 1. The molecular weight excluding hydrogens is 240 g/mol. The average molecular weight is 262 g/mol. The molecule has 3 N–H and O–H groups in total. The summed E-state index contributed by atoms with van der Waals surface area (Å²) in [6.07, 6.45) is 1.78. The number of nitrogens with two attached hydrogens (primary N) is 1. The van der Waals surface area contributed by atoms with Gasteiger partial charge in [-0.05, 0) is 42.5 Å². The largest absolute Gasteiger partial charge is 0.496 e. The zero-order valence-corrected chi connectivity index (χ0v) is 11.8. The molecule has 1 aliphatic carbocycles. The molecule has 0 heterocycles. The van der Waals surface area contributed by atoms with Gasteiger partial charge in [0.2, 0.25) is 5.91 Å². The number of anilines is 1. The van der Waals surface area contributed by atoms with Crippen molar-refractivity contribution < 1.29 is 9.53 Å². The minimum atomic E-state index is -0.322. The zero-order chi connectivity index (χ0) is 14.0. The van der Waals surface area contributed by atoms with Crippen molar-refractivity contribution in [3.05, 3.63) is 23.8 Å². The van der Waals surface area contributed by atoms with E-state index in [9.17, 15) is 4.79 Å². The van der Waals surface area contributed by atoms with Crippen molar-refractivity contribution in [2.45, 2.75) is 32.6 Å². The van der Waals surface area contributed by atoms with Crippen LogP contribution in [0.1, 0.15) is 38.2 Å². The normalized spacial score (nSPS) is 16.3. The zero-order valence-electron chi connectivity index (χ0n) is 11.8. The summed E-state index contributed by atoms with van der Waals surface area (Å²) >= 11 is 0. The Labute approximate surface area is 114 Å². The Kier molecular flexibility index (Phi) is 3.80. The fourth-order valence-electron chi connectivity index (χ4n) is 2.20. The third-order valence-corrected chi connectivity index (χ3v) is 3.84. The number of nitrogens with one attached hydrogen (secondary N) is 1. The highest BCUT2D eigenvalue weighted by atomic mass is 16.5. The van der Waals surface area contributed by atoms with Gasteiger partial charge in [0.05, 0.1) is 12.5 Å². The van der Waals surface area contributed by atoms with Crippen molar-refractivity contribution in [1.82, 2.24) is 0 Å². The van der Waals surface area contributed by atoms with Crippen LogP contribution in [0.15, 0.2) is 18.2 Å². The van der Waals surface area contributed by atoms with E-state index in [1.54, 1.807) is 7.11 Å². The number of rotatable bonds is 5. The van der Waals surface area contributed by atoms with Gasteiger partial charge in [-0.2, -0.15) is 0 Å². The van der Waals surface area contributed by atoms with Crippen LogP contribution < -0.4 is 15.8 Å². The van der Waals surface area contributed by atoms with Crippen molar-refractivity contribution in [3.8, 4) is 5.75 Å². The Hall–Kier alpha value is -1.55. The summed E-state index contributed by atoms with van der Waals surface area (Å²) in [7, 11) is 1.66. The van der Waals surface area contributed by atoms with Crippen molar-refractivity contribution in [3.63, 3.8) is 0 Å². The summed E-state index contributed by atoms with van der Waals surface area (Å²) < 4.78 is 5.33. The first-order chi connectivity index (χ1) is 9.02. The highest BCUT2D eigenvalue weighted by Gasteiger charge is 2.48. The van der Waals surface area contributed by atoms with Crippen molar-refractivity contribution in [1.29, 1.82) is 0 Å². The van der Waals surface area contributed by atoms with Gasteiger partial charge in [-0.1, -0.05) is 13.8 Å². The molecule has 4 nitrogen and oxygen atoms in total. The van der Waals surface area contributed by atoms with Crippen LogP contribution >= 0.6 is 0 Å².